The van der Waals surface area contributed by atoms with E-state index in [9.17, 15) is 4.79 Å². The van der Waals surface area contributed by atoms with E-state index in [1.165, 1.54) is 12.1 Å². The van der Waals surface area contributed by atoms with Crippen molar-refractivity contribution in [3.63, 3.8) is 0 Å². The average molecular weight is 376 g/mol. The van der Waals surface area contributed by atoms with Gasteiger partial charge >= 0.3 is 5.97 Å². The minimum atomic E-state index is -0.994. The van der Waals surface area contributed by atoms with Crippen LogP contribution in [0.3, 0.4) is 0 Å². The van der Waals surface area contributed by atoms with Crippen molar-refractivity contribution in [2.75, 3.05) is 0 Å². The summed E-state index contributed by atoms with van der Waals surface area (Å²) in [5.41, 5.74) is 0.866. The molecule has 0 heterocycles. The topological polar surface area (TPSA) is 46.5 Å². The number of rotatable bonds is 4. The number of carboxylic acids is 1. The van der Waals surface area contributed by atoms with Gasteiger partial charge in [-0.2, -0.15) is 0 Å². The van der Waals surface area contributed by atoms with E-state index in [-0.39, 0.29) is 12.2 Å². The normalized spacial score (nSPS) is 10.3. The molecule has 0 atom stereocenters. The van der Waals surface area contributed by atoms with E-state index in [0.29, 0.717) is 25.8 Å². The highest BCUT2D eigenvalue weighted by molar-refractivity contribution is 9.10. The lowest BCUT2D eigenvalue weighted by molar-refractivity contribution is 0.0696. The highest BCUT2D eigenvalue weighted by Gasteiger charge is 2.10. The fourth-order valence-electron chi connectivity index (χ4n) is 1.57. The van der Waals surface area contributed by atoms with E-state index in [0.717, 1.165) is 0 Å². The minimum absolute atomic E-state index is 0.181. The lowest BCUT2D eigenvalue weighted by Gasteiger charge is -2.11. The Balaban J connectivity index is 2.17. The largest absolute Gasteiger partial charge is 0.488 e. The van der Waals surface area contributed by atoms with Gasteiger partial charge in [0.2, 0.25) is 0 Å². The summed E-state index contributed by atoms with van der Waals surface area (Å²) in [6.45, 7) is 0.198. The van der Waals surface area contributed by atoms with E-state index >= 15 is 0 Å². The van der Waals surface area contributed by atoms with Crippen LogP contribution in [0.5, 0.6) is 5.75 Å². The lowest BCUT2D eigenvalue weighted by Crippen LogP contribution is -2.00. The van der Waals surface area contributed by atoms with Crippen molar-refractivity contribution < 1.29 is 14.6 Å². The average Bonchev–Trinajstić information content (AvgIpc) is 2.39. The van der Waals surface area contributed by atoms with Crippen LogP contribution in [0.15, 0.2) is 40.9 Å². The molecule has 0 saturated heterocycles. The number of benzene rings is 2. The lowest BCUT2D eigenvalue weighted by atomic mass is 10.2. The molecule has 0 aliphatic heterocycles. The van der Waals surface area contributed by atoms with Crippen LogP contribution in [0.2, 0.25) is 10.0 Å². The molecule has 1 N–H and O–H groups in total. The first-order chi connectivity index (χ1) is 9.49. The van der Waals surface area contributed by atoms with E-state index in [4.69, 9.17) is 33.0 Å². The number of aromatic carboxylic acids is 1. The zero-order chi connectivity index (χ0) is 14.7. The van der Waals surface area contributed by atoms with Crippen LogP contribution in [0, 0.1) is 0 Å². The molecule has 2 aromatic rings. The Kier molecular flexibility index (Phi) is 4.91. The molecule has 0 unspecified atom stereocenters. The number of ether oxygens (including phenoxy) is 1. The molecule has 0 aliphatic rings. The molecule has 3 nitrogen and oxygen atoms in total. The summed E-state index contributed by atoms with van der Waals surface area (Å²) in [4.78, 5) is 10.8. The molecule has 0 spiro atoms. The summed E-state index contributed by atoms with van der Waals surface area (Å²) in [7, 11) is 0. The predicted octanol–water partition coefficient (Wildman–Crippen LogP) is 5.03. The quantitative estimate of drug-likeness (QED) is 0.814. The molecule has 0 amide bonds. The summed E-state index contributed by atoms with van der Waals surface area (Å²) >= 11 is 15.4. The molecular weight excluding hydrogens is 367 g/mol. The van der Waals surface area contributed by atoms with Gasteiger partial charge in [-0.3, -0.25) is 0 Å². The van der Waals surface area contributed by atoms with Crippen LogP contribution in [0.25, 0.3) is 0 Å². The zero-order valence-electron chi connectivity index (χ0n) is 10.1. The van der Waals surface area contributed by atoms with Crippen LogP contribution in [0.1, 0.15) is 15.9 Å². The van der Waals surface area contributed by atoms with Gasteiger partial charge in [0.15, 0.2) is 0 Å². The maximum absolute atomic E-state index is 10.8. The third kappa shape index (κ3) is 3.45. The van der Waals surface area contributed by atoms with Gasteiger partial charge in [-0.15, -0.1) is 0 Å². The van der Waals surface area contributed by atoms with Gasteiger partial charge < -0.3 is 9.84 Å². The Morgan fingerprint density at radius 1 is 1.20 bits per heavy atom. The number of hydrogen-bond donors (Lipinski definition) is 1. The summed E-state index contributed by atoms with van der Waals surface area (Å²) in [6.07, 6.45) is 0. The first kappa shape index (κ1) is 15.2. The van der Waals surface area contributed by atoms with Gasteiger partial charge in [0, 0.05) is 15.6 Å². The molecule has 104 valence electrons. The van der Waals surface area contributed by atoms with Crippen molar-refractivity contribution in [3.8, 4) is 5.75 Å². The van der Waals surface area contributed by atoms with Gasteiger partial charge in [0.25, 0.3) is 0 Å². The molecule has 20 heavy (non-hydrogen) atoms. The standard InChI is InChI=1S/C14H9BrCl2O3/c15-10-6-8(14(18)19)4-5-13(10)20-7-9-11(16)2-1-3-12(9)17/h1-6H,7H2,(H,18,19). The highest BCUT2D eigenvalue weighted by Crippen LogP contribution is 2.30. The number of carboxylic acid groups (broad SMARTS) is 1. The van der Waals surface area contributed by atoms with Gasteiger partial charge in [-0.25, -0.2) is 4.79 Å². The molecule has 0 aliphatic carbocycles. The first-order valence-corrected chi connectivity index (χ1v) is 7.12. The molecule has 0 saturated carbocycles. The van der Waals surface area contributed by atoms with Crippen molar-refractivity contribution in [2.45, 2.75) is 6.61 Å². The van der Waals surface area contributed by atoms with Gasteiger partial charge in [-0.05, 0) is 46.3 Å². The Morgan fingerprint density at radius 3 is 2.40 bits per heavy atom. The Morgan fingerprint density at radius 2 is 1.85 bits per heavy atom. The van der Waals surface area contributed by atoms with Crippen LogP contribution >= 0.6 is 39.1 Å². The van der Waals surface area contributed by atoms with Crippen LogP contribution in [-0.2, 0) is 6.61 Å². The predicted molar refractivity (Wildman–Crippen MR) is 81.9 cm³/mol. The van der Waals surface area contributed by atoms with Crippen LogP contribution in [-0.4, -0.2) is 11.1 Å². The molecule has 0 radical (unpaired) electrons. The Bertz CT molecular complexity index is 639. The molecule has 0 fully saturated rings. The molecule has 6 heteroatoms. The van der Waals surface area contributed by atoms with E-state index in [1.807, 2.05) is 0 Å². The van der Waals surface area contributed by atoms with Crippen LogP contribution < -0.4 is 4.74 Å². The third-order valence-electron chi connectivity index (χ3n) is 2.61. The summed E-state index contributed by atoms with van der Waals surface area (Å²) in [6, 6.07) is 9.75. The number of carbonyl (C=O) groups is 1. The molecule has 2 rings (SSSR count). The first-order valence-electron chi connectivity index (χ1n) is 5.57. The van der Waals surface area contributed by atoms with Crippen molar-refractivity contribution in [3.05, 3.63) is 62.0 Å². The fraction of sp³-hybridized carbons (Fsp3) is 0.0714. The maximum Gasteiger partial charge on any atom is 0.335 e. The Labute approximate surface area is 134 Å². The van der Waals surface area contributed by atoms with Crippen molar-refractivity contribution >= 4 is 45.1 Å². The molecule has 0 aromatic heterocycles. The summed E-state index contributed by atoms with van der Waals surface area (Å²) in [5.74, 6) is -0.475. The number of hydrogen-bond acceptors (Lipinski definition) is 2. The Hall–Kier alpha value is -1.23. The van der Waals surface area contributed by atoms with E-state index < -0.39 is 5.97 Å². The second-order valence-corrected chi connectivity index (χ2v) is 5.61. The zero-order valence-corrected chi connectivity index (χ0v) is 13.2. The van der Waals surface area contributed by atoms with Gasteiger partial charge in [-0.1, -0.05) is 29.3 Å². The van der Waals surface area contributed by atoms with Gasteiger partial charge in [0.05, 0.1) is 10.0 Å². The molecule has 0 bridgehead atoms. The number of halogens is 3. The molecular formula is C14H9BrCl2O3. The second kappa shape index (κ2) is 6.48. The third-order valence-corrected chi connectivity index (χ3v) is 3.94. The van der Waals surface area contributed by atoms with Crippen molar-refractivity contribution in [1.29, 1.82) is 0 Å². The monoisotopic (exact) mass is 374 g/mol. The smallest absolute Gasteiger partial charge is 0.335 e. The SMILES string of the molecule is O=C(O)c1ccc(OCc2c(Cl)cccc2Cl)c(Br)c1. The second-order valence-electron chi connectivity index (χ2n) is 3.94. The minimum Gasteiger partial charge on any atom is -0.488 e. The highest BCUT2D eigenvalue weighted by atomic mass is 79.9. The van der Waals surface area contributed by atoms with E-state index in [1.54, 1.807) is 24.3 Å². The van der Waals surface area contributed by atoms with Gasteiger partial charge in [0.1, 0.15) is 12.4 Å². The van der Waals surface area contributed by atoms with Crippen molar-refractivity contribution in [2.24, 2.45) is 0 Å². The molecule has 2 aromatic carbocycles. The summed E-state index contributed by atoms with van der Waals surface area (Å²) < 4.78 is 6.17. The van der Waals surface area contributed by atoms with Crippen LogP contribution in [0.4, 0.5) is 0 Å². The van der Waals surface area contributed by atoms with E-state index in [2.05, 4.69) is 15.9 Å². The fourth-order valence-corrected chi connectivity index (χ4v) is 2.57. The maximum atomic E-state index is 10.8. The van der Waals surface area contributed by atoms with Crippen molar-refractivity contribution in [1.82, 2.24) is 0 Å². The summed E-state index contributed by atoms with van der Waals surface area (Å²) in [5, 5.41) is 9.93.